The first-order valence-electron chi connectivity index (χ1n) is 13.0. The Morgan fingerprint density at radius 2 is 1.18 bits per heavy atom. The zero-order valence-corrected chi connectivity index (χ0v) is 21.3. The van der Waals surface area contributed by atoms with Crippen molar-refractivity contribution in [2.75, 3.05) is 5.32 Å². The van der Waals surface area contributed by atoms with Gasteiger partial charge in [0.25, 0.3) is 0 Å². The van der Waals surface area contributed by atoms with Crippen molar-refractivity contribution in [2.45, 2.75) is 6.18 Å². The molecule has 2 nitrogen and oxygen atoms in total. The molecule has 0 atom stereocenters. The molecule has 0 aliphatic heterocycles. The number of nitrogens with zero attached hydrogens (tertiary/aromatic N) is 1. The number of anilines is 2. The Bertz CT molecular complexity index is 2000. The van der Waals surface area contributed by atoms with Gasteiger partial charge < -0.3 is 9.88 Å². The van der Waals surface area contributed by atoms with E-state index < -0.39 is 11.7 Å². The number of aromatic nitrogens is 1. The molecule has 0 radical (unpaired) electrons. The van der Waals surface area contributed by atoms with Crippen LogP contribution in [0, 0.1) is 0 Å². The molecule has 0 unspecified atom stereocenters. The summed E-state index contributed by atoms with van der Waals surface area (Å²) in [6, 6.07) is 42.5. The van der Waals surface area contributed by atoms with Gasteiger partial charge in [0.15, 0.2) is 0 Å². The van der Waals surface area contributed by atoms with E-state index in [1.165, 1.54) is 28.5 Å². The summed E-state index contributed by atoms with van der Waals surface area (Å²) in [6.07, 6.45) is -4.37. The Morgan fingerprint density at radius 1 is 0.525 bits per heavy atom. The van der Waals surface area contributed by atoms with Crippen molar-refractivity contribution in [1.29, 1.82) is 0 Å². The second-order valence-electron chi connectivity index (χ2n) is 9.86. The molecule has 40 heavy (non-hydrogen) atoms. The Balaban J connectivity index is 1.24. The summed E-state index contributed by atoms with van der Waals surface area (Å²) in [4.78, 5) is 0. The van der Waals surface area contributed by atoms with Crippen molar-refractivity contribution < 1.29 is 13.2 Å². The lowest BCUT2D eigenvalue weighted by Gasteiger charge is -2.12. The molecule has 194 valence electrons. The Kier molecular flexibility index (Phi) is 5.60. The van der Waals surface area contributed by atoms with Crippen LogP contribution in [-0.4, -0.2) is 4.57 Å². The lowest BCUT2D eigenvalue weighted by Crippen LogP contribution is -2.05. The molecule has 6 aromatic carbocycles. The molecule has 0 amide bonds. The van der Waals surface area contributed by atoms with Crippen LogP contribution in [0.4, 0.5) is 24.5 Å². The topological polar surface area (TPSA) is 17.0 Å². The number of para-hydroxylation sites is 1. The van der Waals surface area contributed by atoms with Gasteiger partial charge in [-0.25, -0.2) is 0 Å². The number of rotatable bonds is 4. The number of benzene rings is 6. The van der Waals surface area contributed by atoms with Gasteiger partial charge in [0.2, 0.25) is 0 Å². The molecule has 1 heterocycles. The van der Waals surface area contributed by atoms with E-state index >= 15 is 0 Å². The van der Waals surface area contributed by atoms with Gasteiger partial charge in [0.1, 0.15) is 0 Å². The first-order chi connectivity index (χ1) is 19.5. The van der Waals surface area contributed by atoms with Crippen LogP contribution in [0.1, 0.15) is 5.56 Å². The largest absolute Gasteiger partial charge is 0.416 e. The van der Waals surface area contributed by atoms with Crippen LogP contribution < -0.4 is 5.32 Å². The molecule has 5 heteroatoms. The smallest absolute Gasteiger partial charge is 0.356 e. The molecule has 0 saturated carbocycles. The van der Waals surface area contributed by atoms with Gasteiger partial charge in [-0.3, -0.25) is 0 Å². The zero-order chi connectivity index (χ0) is 27.3. The predicted octanol–water partition coefficient (Wildman–Crippen LogP) is 10.4. The molecular weight excluding hydrogens is 505 g/mol. The molecule has 7 rings (SSSR count). The fraction of sp³-hybridized carbons (Fsp3) is 0.0286. The van der Waals surface area contributed by atoms with E-state index in [-0.39, 0.29) is 0 Å². The number of nitrogens with one attached hydrogen (secondary N) is 1. The van der Waals surface area contributed by atoms with Crippen LogP contribution >= 0.6 is 0 Å². The van der Waals surface area contributed by atoms with Crippen molar-refractivity contribution >= 4 is 44.0 Å². The first-order valence-corrected chi connectivity index (χ1v) is 13.0. The molecule has 0 saturated heterocycles. The van der Waals surface area contributed by atoms with Crippen LogP contribution in [0.15, 0.2) is 133 Å². The second-order valence-corrected chi connectivity index (χ2v) is 9.86. The van der Waals surface area contributed by atoms with Gasteiger partial charge in [-0.05, 0) is 82.6 Å². The molecule has 1 aromatic heterocycles. The van der Waals surface area contributed by atoms with Crippen molar-refractivity contribution in [2.24, 2.45) is 0 Å². The third kappa shape index (κ3) is 4.16. The van der Waals surface area contributed by atoms with E-state index in [4.69, 9.17) is 0 Å². The zero-order valence-electron chi connectivity index (χ0n) is 21.3. The molecule has 0 bridgehead atoms. The molecule has 7 aromatic rings. The summed E-state index contributed by atoms with van der Waals surface area (Å²) in [5.74, 6) is 0. The summed E-state index contributed by atoms with van der Waals surface area (Å²) in [5, 5.41) is 8.01. The van der Waals surface area contributed by atoms with Crippen LogP contribution in [0.3, 0.4) is 0 Å². The maximum Gasteiger partial charge on any atom is 0.416 e. The quantitative estimate of drug-likeness (QED) is 0.240. The Morgan fingerprint density at radius 3 is 1.95 bits per heavy atom. The lowest BCUT2D eigenvalue weighted by atomic mass is 9.98. The molecular formula is C35H23F3N2. The fourth-order valence-corrected chi connectivity index (χ4v) is 5.51. The number of halogens is 3. The molecule has 0 aliphatic rings. The van der Waals surface area contributed by atoms with Gasteiger partial charge >= 0.3 is 6.18 Å². The summed E-state index contributed by atoms with van der Waals surface area (Å²) < 4.78 is 41.5. The monoisotopic (exact) mass is 528 g/mol. The Hall–Kier alpha value is -5.03. The molecule has 0 aliphatic carbocycles. The minimum atomic E-state index is -4.37. The highest BCUT2D eigenvalue weighted by Crippen LogP contribution is 2.36. The van der Waals surface area contributed by atoms with Gasteiger partial charge in [0.05, 0.1) is 16.6 Å². The molecule has 0 fully saturated rings. The normalized spacial score (nSPS) is 11.9. The van der Waals surface area contributed by atoms with Crippen LogP contribution in [0.5, 0.6) is 0 Å². The second kappa shape index (κ2) is 9.31. The maximum atomic E-state index is 13.1. The van der Waals surface area contributed by atoms with E-state index in [1.807, 2.05) is 41.0 Å². The van der Waals surface area contributed by atoms with Gasteiger partial charge in [-0.1, -0.05) is 72.8 Å². The van der Waals surface area contributed by atoms with Gasteiger partial charge in [-0.2, -0.15) is 13.2 Å². The highest BCUT2D eigenvalue weighted by molar-refractivity contribution is 6.10. The average molecular weight is 529 g/mol. The lowest BCUT2D eigenvalue weighted by molar-refractivity contribution is -0.137. The number of fused-ring (bicyclic) bond motifs is 4. The van der Waals surface area contributed by atoms with Crippen LogP contribution in [-0.2, 0) is 6.18 Å². The fourth-order valence-electron chi connectivity index (χ4n) is 5.51. The van der Waals surface area contributed by atoms with E-state index in [0.29, 0.717) is 5.69 Å². The minimum Gasteiger partial charge on any atom is -0.356 e. The number of hydrogen-bond acceptors (Lipinski definition) is 1. The summed E-state index contributed by atoms with van der Waals surface area (Å²) in [5.41, 5.74) is 6.14. The van der Waals surface area contributed by atoms with Gasteiger partial charge in [0, 0.05) is 27.8 Å². The average Bonchev–Trinajstić information content (AvgIpc) is 3.31. The van der Waals surface area contributed by atoms with E-state index in [0.717, 1.165) is 50.9 Å². The van der Waals surface area contributed by atoms with Crippen molar-refractivity contribution in [3.8, 4) is 16.8 Å². The summed E-state index contributed by atoms with van der Waals surface area (Å²) >= 11 is 0. The van der Waals surface area contributed by atoms with E-state index in [9.17, 15) is 13.2 Å². The van der Waals surface area contributed by atoms with E-state index in [2.05, 4.69) is 78.1 Å². The minimum absolute atomic E-state index is 0.657. The van der Waals surface area contributed by atoms with Crippen molar-refractivity contribution in [3.05, 3.63) is 139 Å². The SMILES string of the molecule is FC(F)(F)c1ccc(-n2c3ccccc3c3cc(Nc4ccc(-c5cccc6ccccc56)cc4)ccc32)cc1. The predicted molar refractivity (Wildman–Crippen MR) is 158 cm³/mol. The van der Waals surface area contributed by atoms with E-state index in [1.54, 1.807) is 0 Å². The first kappa shape index (κ1) is 24.0. The summed E-state index contributed by atoms with van der Waals surface area (Å²) in [6.45, 7) is 0. The third-order valence-corrected chi connectivity index (χ3v) is 7.40. The number of hydrogen-bond donors (Lipinski definition) is 1. The molecule has 0 spiro atoms. The summed E-state index contributed by atoms with van der Waals surface area (Å²) in [7, 11) is 0. The standard InChI is InChI=1S/C35H23F3N2/c36-35(37,38)25-14-19-28(20-15-25)40-33-11-4-3-9-31(33)32-22-27(18-21-34(32)40)39-26-16-12-24(13-17-26)30-10-5-7-23-6-1-2-8-29(23)30/h1-22,39H. The molecule has 1 N–H and O–H groups in total. The maximum absolute atomic E-state index is 13.1. The van der Waals surface area contributed by atoms with Crippen LogP contribution in [0.2, 0.25) is 0 Å². The van der Waals surface area contributed by atoms with Crippen molar-refractivity contribution in [1.82, 2.24) is 4.57 Å². The Labute approximate surface area is 228 Å². The van der Waals surface area contributed by atoms with Crippen LogP contribution in [0.25, 0.3) is 49.4 Å². The highest BCUT2D eigenvalue weighted by atomic mass is 19.4. The highest BCUT2D eigenvalue weighted by Gasteiger charge is 2.30. The van der Waals surface area contributed by atoms with Crippen molar-refractivity contribution in [3.63, 3.8) is 0 Å². The third-order valence-electron chi connectivity index (χ3n) is 7.40. The van der Waals surface area contributed by atoms with Gasteiger partial charge in [-0.15, -0.1) is 0 Å². The number of alkyl halides is 3.